The van der Waals surface area contributed by atoms with E-state index in [4.69, 9.17) is 19.3 Å². The topological polar surface area (TPSA) is 146 Å². The van der Waals surface area contributed by atoms with Gasteiger partial charge in [-0.05, 0) is 38.5 Å². The predicted octanol–water partition coefficient (Wildman–Crippen LogP) is 2.30. The van der Waals surface area contributed by atoms with Crippen molar-refractivity contribution in [1.82, 2.24) is 0 Å². The van der Waals surface area contributed by atoms with Gasteiger partial charge in [-0.1, -0.05) is 62.6 Å². The largest absolute Gasteiger partial charge is 0.463 e. The molecule has 0 bridgehead atoms. The number of hydrogen-bond acceptors (Lipinski definition) is 9. The number of carbonyl (C=O) groups excluding carboxylic acids is 1. The van der Waals surface area contributed by atoms with Crippen LogP contribution in [0.5, 0.6) is 0 Å². The highest BCUT2D eigenvalue weighted by Crippen LogP contribution is 2.22. The van der Waals surface area contributed by atoms with E-state index in [0.717, 1.165) is 57.8 Å². The molecule has 9 nitrogen and oxygen atoms in total. The van der Waals surface area contributed by atoms with Crippen LogP contribution < -0.4 is 0 Å². The van der Waals surface area contributed by atoms with Crippen LogP contribution in [0.1, 0.15) is 71.1 Å². The summed E-state index contributed by atoms with van der Waals surface area (Å²) in [6.45, 7) is 0.964. The molecule has 0 aromatic rings. The van der Waals surface area contributed by atoms with Gasteiger partial charge >= 0.3 is 5.97 Å². The fourth-order valence-corrected chi connectivity index (χ4v) is 3.61. The number of rotatable bonds is 19. The molecule has 1 rings (SSSR count). The zero-order valence-corrected chi connectivity index (χ0v) is 21.5. The summed E-state index contributed by atoms with van der Waals surface area (Å²) in [5.41, 5.74) is 0. The first-order valence-corrected chi connectivity index (χ1v) is 13.1. The molecule has 1 saturated heterocycles. The fourth-order valence-electron chi connectivity index (χ4n) is 3.61. The summed E-state index contributed by atoms with van der Waals surface area (Å²) in [7, 11) is 0. The fraction of sp³-hybridized carbons (Fsp3) is 0.741. The Bertz CT molecular complexity index is 647. The van der Waals surface area contributed by atoms with Gasteiger partial charge in [-0.25, -0.2) is 0 Å². The highest BCUT2D eigenvalue weighted by atomic mass is 16.7. The summed E-state index contributed by atoms with van der Waals surface area (Å²) in [6, 6.07) is 0. The molecule has 9 heteroatoms. The van der Waals surface area contributed by atoms with E-state index < -0.39 is 49.4 Å². The van der Waals surface area contributed by atoms with Crippen molar-refractivity contribution in [3.8, 4) is 0 Å². The van der Waals surface area contributed by atoms with E-state index in [1.165, 1.54) is 0 Å². The molecule has 0 unspecified atom stereocenters. The summed E-state index contributed by atoms with van der Waals surface area (Å²) < 4.78 is 15.5. The van der Waals surface area contributed by atoms with Gasteiger partial charge in [0.1, 0.15) is 37.1 Å². The van der Waals surface area contributed by atoms with Crippen LogP contribution in [0.25, 0.3) is 0 Å². The minimum atomic E-state index is -1.56. The smallest absolute Gasteiger partial charge is 0.305 e. The SMILES string of the molecule is CC/C=C\C/C=C\C/C=C\CCCCCCCC(=O)OC[C@@H](O)CO[C@H]1O[C@@H](CO)[C@@H](O)[C@@H](O)[C@H]1O. The van der Waals surface area contributed by atoms with Crippen molar-refractivity contribution in [3.05, 3.63) is 36.5 Å². The summed E-state index contributed by atoms with van der Waals surface area (Å²) in [5, 5.41) is 48.5. The van der Waals surface area contributed by atoms with Crippen molar-refractivity contribution in [3.63, 3.8) is 0 Å². The summed E-state index contributed by atoms with van der Waals surface area (Å²) in [5.74, 6) is -0.400. The molecule has 36 heavy (non-hydrogen) atoms. The molecule has 1 heterocycles. The molecule has 0 aromatic carbocycles. The summed E-state index contributed by atoms with van der Waals surface area (Å²) in [4.78, 5) is 11.9. The second-order valence-electron chi connectivity index (χ2n) is 8.97. The Labute approximate surface area is 215 Å². The number of hydrogen-bond donors (Lipinski definition) is 5. The molecule has 0 spiro atoms. The van der Waals surface area contributed by atoms with Crippen LogP contribution in [0.15, 0.2) is 36.5 Å². The average molecular weight is 515 g/mol. The maximum absolute atomic E-state index is 11.9. The minimum absolute atomic E-state index is 0.271. The van der Waals surface area contributed by atoms with Gasteiger partial charge in [-0.3, -0.25) is 4.79 Å². The number of aliphatic hydroxyl groups excluding tert-OH is 5. The van der Waals surface area contributed by atoms with Crippen molar-refractivity contribution in [2.24, 2.45) is 0 Å². The van der Waals surface area contributed by atoms with Crippen molar-refractivity contribution in [2.45, 2.75) is 108 Å². The third-order valence-electron chi connectivity index (χ3n) is 5.77. The van der Waals surface area contributed by atoms with Crippen LogP contribution in [0.4, 0.5) is 0 Å². The highest BCUT2D eigenvalue weighted by Gasteiger charge is 2.44. The third kappa shape index (κ3) is 14.2. The van der Waals surface area contributed by atoms with E-state index in [1.807, 2.05) is 0 Å². The number of unbranched alkanes of at least 4 members (excludes halogenated alkanes) is 5. The van der Waals surface area contributed by atoms with Crippen molar-refractivity contribution >= 4 is 5.97 Å². The molecule has 6 atom stereocenters. The van der Waals surface area contributed by atoms with E-state index in [0.29, 0.717) is 0 Å². The quantitative estimate of drug-likeness (QED) is 0.0995. The number of ether oxygens (including phenoxy) is 3. The second-order valence-corrected chi connectivity index (χ2v) is 8.97. The molecule has 1 aliphatic rings. The number of aliphatic hydroxyl groups is 5. The van der Waals surface area contributed by atoms with Crippen molar-refractivity contribution < 1.29 is 44.5 Å². The average Bonchev–Trinajstić information content (AvgIpc) is 2.88. The van der Waals surface area contributed by atoms with E-state index >= 15 is 0 Å². The van der Waals surface area contributed by atoms with E-state index in [9.17, 15) is 25.2 Å². The molecule has 0 aromatic heterocycles. The van der Waals surface area contributed by atoms with Gasteiger partial charge in [0.05, 0.1) is 13.2 Å². The van der Waals surface area contributed by atoms with Gasteiger partial charge in [0.15, 0.2) is 6.29 Å². The van der Waals surface area contributed by atoms with Crippen molar-refractivity contribution in [1.29, 1.82) is 0 Å². The lowest BCUT2D eigenvalue weighted by Crippen LogP contribution is -2.59. The van der Waals surface area contributed by atoms with Gasteiger partial charge in [0.2, 0.25) is 0 Å². The molecule has 208 valence electrons. The molecule has 0 aliphatic carbocycles. The zero-order chi connectivity index (χ0) is 26.6. The molecule has 1 aliphatic heterocycles. The Morgan fingerprint density at radius 3 is 2.19 bits per heavy atom. The van der Waals surface area contributed by atoms with Crippen LogP contribution >= 0.6 is 0 Å². The van der Waals surface area contributed by atoms with E-state index in [1.54, 1.807) is 0 Å². The maximum atomic E-state index is 11.9. The Balaban J connectivity index is 2.02. The Morgan fingerprint density at radius 2 is 1.50 bits per heavy atom. The minimum Gasteiger partial charge on any atom is -0.463 e. The first-order valence-electron chi connectivity index (χ1n) is 13.1. The van der Waals surface area contributed by atoms with Gasteiger partial charge in [0.25, 0.3) is 0 Å². The van der Waals surface area contributed by atoms with Gasteiger partial charge < -0.3 is 39.7 Å². The summed E-state index contributed by atoms with van der Waals surface area (Å²) >= 11 is 0. The molecule has 0 saturated carbocycles. The molecule has 0 radical (unpaired) electrons. The van der Waals surface area contributed by atoms with Crippen LogP contribution in [0, 0.1) is 0 Å². The Morgan fingerprint density at radius 1 is 0.861 bits per heavy atom. The number of carbonyl (C=O) groups is 1. The standard InChI is InChI=1S/C27H46O9/c1-2-3-4-5-6-7-8-9-10-11-12-13-14-15-16-17-23(30)34-19-21(29)20-35-27-26(33)25(32)24(31)22(18-28)36-27/h3-4,6-7,9-10,21-22,24-29,31-33H,2,5,8,11-20H2,1H3/b4-3-,7-6-,10-9-/t21-,22+,24-,25-,26-,27+/m1/s1. The summed E-state index contributed by atoms with van der Waals surface area (Å²) in [6.07, 6.45) is 14.3. The van der Waals surface area contributed by atoms with Crippen LogP contribution in [-0.4, -0.2) is 88.1 Å². The number of allylic oxidation sites excluding steroid dienone is 6. The Hall–Kier alpha value is -1.59. The monoisotopic (exact) mass is 514 g/mol. The lowest BCUT2D eigenvalue weighted by molar-refractivity contribution is -0.305. The Kier molecular flexibility index (Phi) is 18.4. The molecule has 5 N–H and O–H groups in total. The molecule has 1 fully saturated rings. The lowest BCUT2D eigenvalue weighted by Gasteiger charge is -2.39. The molecular formula is C27H46O9. The van der Waals surface area contributed by atoms with E-state index in [2.05, 4.69) is 43.4 Å². The van der Waals surface area contributed by atoms with Gasteiger partial charge in [0, 0.05) is 6.42 Å². The second kappa shape index (κ2) is 20.5. The molecule has 0 amide bonds. The van der Waals surface area contributed by atoms with Gasteiger partial charge in [-0.2, -0.15) is 0 Å². The van der Waals surface area contributed by atoms with Crippen molar-refractivity contribution in [2.75, 3.05) is 19.8 Å². The van der Waals surface area contributed by atoms with Crippen LogP contribution in [0.3, 0.4) is 0 Å². The lowest BCUT2D eigenvalue weighted by atomic mass is 9.99. The third-order valence-corrected chi connectivity index (χ3v) is 5.77. The predicted molar refractivity (Wildman–Crippen MR) is 136 cm³/mol. The first kappa shape index (κ1) is 32.4. The normalized spacial score (nSPS) is 25.8. The maximum Gasteiger partial charge on any atom is 0.305 e. The molecular weight excluding hydrogens is 468 g/mol. The zero-order valence-electron chi connectivity index (χ0n) is 21.5. The first-order chi connectivity index (χ1) is 17.4. The van der Waals surface area contributed by atoms with E-state index in [-0.39, 0.29) is 19.6 Å². The highest BCUT2D eigenvalue weighted by molar-refractivity contribution is 5.69. The number of esters is 1. The van der Waals surface area contributed by atoms with Crippen LogP contribution in [-0.2, 0) is 19.0 Å². The van der Waals surface area contributed by atoms with Gasteiger partial charge in [-0.15, -0.1) is 0 Å². The van der Waals surface area contributed by atoms with Crippen LogP contribution in [0.2, 0.25) is 0 Å².